The number of fused-ring (bicyclic) bond motifs is 6. The molecule has 4 atom stereocenters. The zero-order chi connectivity index (χ0) is 11.6. The Morgan fingerprint density at radius 2 is 2.12 bits per heavy atom. The molecule has 2 saturated carbocycles. The molecule has 17 heavy (non-hydrogen) atoms. The molecule has 0 saturated heterocycles. The number of aliphatic hydroxyl groups is 1. The van der Waals surface area contributed by atoms with Crippen molar-refractivity contribution in [2.45, 2.75) is 24.9 Å². The van der Waals surface area contributed by atoms with Gasteiger partial charge in [0, 0.05) is 5.56 Å². The molecule has 0 unspecified atom stereocenters. The molecular formula is C14H14O3. The van der Waals surface area contributed by atoms with Gasteiger partial charge in [0.2, 0.25) is 0 Å². The van der Waals surface area contributed by atoms with Gasteiger partial charge in [-0.25, -0.2) is 0 Å². The smallest absolute Gasteiger partial charge is 0.317 e. The van der Waals surface area contributed by atoms with Gasteiger partial charge in [-0.15, -0.1) is 0 Å². The molecule has 4 rings (SSSR count). The Morgan fingerprint density at radius 1 is 1.29 bits per heavy atom. The SMILES string of the molecule is O=C1Oc2ccccc2[C@]2(O)[C@H]3CCC[C@@H]3[C@H]12. The lowest BCUT2D eigenvalue weighted by Gasteiger charge is -2.56. The Bertz CT molecular complexity index is 510. The highest BCUT2D eigenvalue weighted by atomic mass is 16.5. The van der Waals surface area contributed by atoms with Gasteiger partial charge in [0.05, 0.1) is 5.92 Å². The molecule has 2 aliphatic carbocycles. The van der Waals surface area contributed by atoms with Crippen molar-refractivity contribution in [3.05, 3.63) is 29.8 Å². The van der Waals surface area contributed by atoms with E-state index >= 15 is 0 Å². The van der Waals surface area contributed by atoms with Gasteiger partial charge in [-0.1, -0.05) is 24.6 Å². The van der Waals surface area contributed by atoms with Crippen LogP contribution >= 0.6 is 0 Å². The molecule has 1 aromatic rings. The molecule has 2 fully saturated rings. The summed E-state index contributed by atoms with van der Waals surface area (Å²) < 4.78 is 5.34. The molecular weight excluding hydrogens is 216 g/mol. The minimum Gasteiger partial charge on any atom is -0.426 e. The lowest BCUT2D eigenvalue weighted by molar-refractivity contribution is -0.216. The van der Waals surface area contributed by atoms with Crippen LogP contribution in [0.2, 0.25) is 0 Å². The number of carbonyl (C=O) groups excluding carboxylic acids is 1. The lowest BCUT2D eigenvalue weighted by Crippen LogP contribution is -2.63. The summed E-state index contributed by atoms with van der Waals surface area (Å²) in [6.45, 7) is 0. The van der Waals surface area contributed by atoms with Crippen molar-refractivity contribution in [2.24, 2.45) is 17.8 Å². The van der Waals surface area contributed by atoms with E-state index in [0.29, 0.717) is 11.7 Å². The number of carbonyl (C=O) groups is 1. The molecule has 0 spiro atoms. The largest absolute Gasteiger partial charge is 0.426 e. The number of esters is 1. The van der Waals surface area contributed by atoms with Gasteiger partial charge in [-0.05, 0) is 30.7 Å². The van der Waals surface area contributed by atoms with Gasteiger partial charge >= 0.3 is 5.97 Å². The molecule has 88 valence electrons. The molecule has 0 radical (unpaired) electrons. The van der Waals surface area contributed by atoms with E-state index in [4.69, 9.17) is 4.74 Å². The van der Waals surface area contributed by atoms with Gasteiger partial charge in [0.25, 0.3) is 0 Å². The Kier molecular flexibility index (Phi) is 1.65. The molecule has 0 aromatic heterocycles. The first kappa shape index (κ1) is 9.66. The summed E-state index contributed by atoms with van der Waals surface area (Å²) >= 11 is 0. The van der Waals surface area contributed by atoms with Crippen molar-refractivity contribution >= 4 is 5.97 Å². The summed E-state index contributed by atoms with van der Waals surface area (Å²) in [5.74, 6) is 0.559. The first-order chi connectivity index (χ1) is 8.23. The van der Waals surface area contributed by atoms with E-state index in [1.807, 2.05) is 18.2 Å². The molecule has 0 amide bonds. The van der Waals surface area contributed by atoms with Crippen molar-refractivity contribution in [1.29, 1.82) is 0 Å². The highest BCUT2D eigenvalue weighted by Gasteiger charge is 2.69. The van der Waals surface area contributed by atoms with Crippen LogP contribution in [0.25, 0.3) is 0 Å². The summed E-state index contributed by atoms with van der Waals surface area (Å²) in [6.07, 6.45) is 3.19. The van der Waals surface area contributed by atoms with Gasteiger partial charge in [0.15, 0.2) is 0 Å². The molecule has 1 heterocycles. The summed E-state index contributed by atoms with van der Waals surface area (Å²) in [4.78, 5) is 12.0. The van der Waals surface area contributed by atoms with E-state index in [1.165, 1.54) is 0 Å². The van der Waals surface area contributed by atoms with Gasteiger partial charge in [-0.3, -0.25) is 4.79 Å². The van der Waals surface area contributed by atoms with Crippen molar-refractivity contribution < 1.29 is 14.6 Å². The monoisotopic (exact) mass is 230 g/mol. The standard InChI is InChI=1S/C14H14O3/c15-13-12-8-4-3-6-9(8)14(12,16)10-5-1-2-7-11(10)17-13/h1-2,5,7-9,12,16H,3-4,6H2/t8-,9-,12+,14+/m0/s1. The van der Waals surface area contributed by atoms with Crippen molar-refractivity contribution in [1.82, 2.24) is 0 Å². The van der Waals surface area contributed by atoms with E-state index in [2.05, 4.69) is 0 Å². The van der Waals surface area contributed by atoms with Crippen molar-refractivity contribution in [3.63, 3.8) is 0 Å². The number of benzene rings is 1. The van der Waals surface area contributed by atoms with Crippen LogP contribution in [-0.2, 0) is 10.4 Å². The third kappa shape index (κ3) is 0.951. The second-order valence-corrected chi connectivity index (χ2v) is 5.42. The van der Waals surface area contributed by atoms with E-state index < -0.39 is 5.60 Å². The van der Waals surface area contributed by atoms with Crippen LogP contribution in [0.1, 0.15) is 24.8 Å². The van der Waals surface area contributed by atoms with Crippen LogP contribution < -0.4 is 4.74 Å². The first-order valence-electron chi connectivity index (χ1n) is 6.26. The molecule has 3 nitrogen and oxygen atoms in total. The minimum atomic E-state index is -0.951. The molecule has 3 aliphatic rings. The average Bonchev–Trinajstić information content (AvgIpc) is 2.73. The highest BCUT2D eigenvalue weighted by molar-refractivity contribution is 5.82. The van der Waals surface area contributed by atoms with Gasteiger partial charge in [0.1, 0.15) is 11.4 Å². The average molecular weight is 230 g/mol. The number of ether oxygens (including phenoxy) is 1. The molecule has 1 N–H and O–H groups in total. The van der Waals surface area contributed by atoms with Gasteiger partial charge < -0.3 is 9.84 Å². The second kappa shape index (κ2) is 2.91. The summed E-state index contributed by atoms with van der Waals surface area (Å²) in [7, 11) is 0. The molecule has 0 bridgehead atoms. The van der Waals surface area contributed by atoms with E-state index in [0.717, 1.165) is 24.8 Å². The Morgan fingerprint density at radius 3 is 3.00 bits per heavy atom. The maximum atomic E-state index is 12.0. The third-order valence-electron chi connectivity index (χ3n) is 4.82. The van der Waals surface area contributed by atoms with E-state index in [-0.39, 0.29) is 17.8 Å². The van der Waals surface area contributed by atoms with Crippen LogP contribution in [-0.4, -0.2) is 11.1 Å². The summed E-state index contributed by atoms with van der Waals surface area (Å²) in [6, 6.07) is 7.39. The Labute approximate surface area is 99.4 Å². The maximum Gasteiger partial charge on any atom is 0.317 e. The van der Waals surface area contributed by atoms with Crippen LogP contribution in [0, 0.1) is 17.8 Å². The Hall–Kier alpha value is -1.35. The van der Waals surface area contributed by atoms with Crippen LogP contribution in [0.4, 0.5) is 0 Å². The predicted molar refractivity (Wildman–Crippen MR) is 60.3 cm³/mol. The Balaban J connectivity index is 1.91. The van der Waals surface area contributed by atoms with Crippen molar-refractivity contribution in [3.8, 4) is 5.75 Å². The minimum absolute atomic E-state index is 0.241. The number of hydrogen-bond acceptors (Lipinski definition) is 3. The van der Waals surface area contributed by atoms with E-state index in [1.54, 1.807) is 6.07 Å². The highest BCUT2D eigenvalue weighted by Crippen LogP contribution is 2.65. The van der Waals surface area contributed by atoms with Crippen LogP contribution in [0.5, 0.6) is 5.75 Å². The maximum absolute atomic E-state index is 12.0. The quantitative estimate of drug-likeness (QED) is 0.546. The van der Waals surface area contributed by atoms with Crippen molar-refractivity contribution in [2.75, 3.05) is 0 Å². The fourth-order valence-corrected chi connectivity index (χ4v) is 4.15. The third-order valence-corrected chi connectivity index (χ3v) is 4.82. The summed E-state index contributed by atoms with van der Waals surface area (Å²) in [5, 5.41) is 10.9. The zero-order valence-electron chi connectivity index (χ0n) is 9.43. The predicted octanol–water partition coefficient (Wildman–Crippen LogP) is 1.84. The zero-order valence-corrected chi connectivity index (χ0v) is 9.43. The summed E-state index contributed by atoms with van der Waals surface area (Å²) in [5.41, 5.74) is -0.139. The number of hydrogen-bond donors (Lipinski definition) is 1. The normalized spacial score (nSPS) is 41.9. The second-order valence-electron chi connectivity index (χ2n) is 5.42. The first-order valence-corrected chi connectivity index (χ1v) is 6.26. The molecule has 1 aliphatic heterocycles. The number of para-hydroxylation sites is 1. The molecule has 3 heteroatoms. The lowest BCUT2D eigenvalue weighted by atomic mass is 9.51. The van der Waals surface area contributed by atoms with Crippen LogP contribution in [0.3, 0.4) is 0 Å². The fourth-order valence-electron chi connectivity index (χ4n) is 4.15. The number of rotatable bonds is 0. The fraction of sp³-hybridized carbons (Fsp3) is 0.500. The van der Waals surface area contributed by atoms with E-state index in [9.17, 15) is 9.90 Å². The topological polar surface area (TPSA) is 46.5 Å². The van der Waals surface area contributed by atoms with Gasteiger partial charge in [-0.2, -0.15) is 0 Å². The van der Waals surface area contributed by atoms with Crippen LogP contribution in [0.15, 0.2) is 24.3 Å². The molecule has 1 aromatic carbocycles.